The molecule has 2 atom stereocenters. The molecule has 0 radical (unpaired) electrons. The molecule has 2 aromatic rings. The zero-order valence-electron chi connectivity index (χ0n) is 24.2. The number of nitrogens with one attached hydrogen (secondary N) is 8. The third kappa shape index (κ3) is 12.8. The Morgan fingerprint density at radius 2 is 0.738 bits per heavy atom. The molecule has 14 nitrogen and oxygen atoms in total. The Balaban J connectivity index is 0.000000230. The van der Waals surface area contributed by atoms with Crippen LogP contribution >= 0.6 is 0 Å². The van der Waals surface area contributed by atoms with Gasteiger partial charge in [0, 0.05) is 128 Å². The van der Waals surface area contributed by atoms with Crippen molar-refractivity contribution in [3.63, 3.8) is 0 Å². The molecule has 0 amide bonds. The lowest BCUT2D eigenvalue weighted by atomic mass is 10.1. The van der Waals surface area contributed by atoms with E-state index in [1.807, 2.05) is 24.3 Å². The number of hydrogen-bond donors (Lipinski definition) is 8. The van der Waals surface area contributed by atoms with E-state index in [1.54, 1.807) is 24.3 Å². The van der Waals surface area contributed by atoms with E-state index in [9.17, 15) is 20.2 Å². The van der Waals surface area contributed by atoms with Gasteiger partial charge in [-0.05, 0) is 11.1 Å². The van der Waals surface area contributed by atoms with Crippen molar-refractivity contribution in [3.8, 4) is 0 Å². The summed E-state index contributed by atoms with van der Waals surface area (Å²) in [4.78, 5) is 20.7. The van der Waals surface area contributed by atoms with Gasteiger partial charge in [0.15, 0.2) is 0 Å². The Hall–Kier alpha value is -3.08. The van der Waals surface area contributed by atoms with Gasteiger partial charge in [-0.2, -0.15) is 0 Å². The molecule has 0 aromatic heterocycles. The third-order valence-electron chi connectivity index (χ3n) is 7.01. The van der Waals surface area contributed by atoms with Crippen molar-refractivity contribution in [2.45, 2.75) is 12.1 Å². The van der Waals surface area contributed by atoms with Crippen LogP contribution in [0.4, 0.5) is 11.4 Å². The predicted octanol–water partition coefficient (Wildman–Crippen LogP) is 0.0158. The maximum atomic E-state index is 10.7. The predicted molar refractivity (Wildman–Crippen MR) is 165 cm³/mol. The minimum Gasteiger partial charge on any atom is -0.314 e. The van der Waals surface area contributed by atoms with E-state index in [2.05, 4.69) is 42.5 Å². The van der Waals surface area contributed by atoms with E-state index >= 15 is 0 Å². The van der Waals surface area contributed by atoms with E-state index in [4.69, 9.17) is 0 Å². The smallest absolute Gasteiger partial charge is 0.269 e. The second kappa shape index (κ2) is 19.9. The van der Waals surface area contributed by atoms with E-state index in [-0.39, 0.29) is 33.3 Å². The van der Waals surface area contributed by atoms with Gasteiger partial charge in [-0.25, -0.2) is 0 Å². The lowest BCUT2D eigenvalue weighted by Gasteiger charge is -2.21. The maximum Gasteiger partial charge on any atom is 0.269 e. The average molecular weight is 587 g/mol. The summed E-state index contributed by atoms with van der Waals surface area (Å²) in [6, 6.07) is 13.9. The molecule has 0 spiro atoms. The Kier molecular flexibility index (Phi) is 15.9. The molecule has 8 N–H and O–H groups in total. The molecule has 0 bridgehead atoms. The fraction of sp³-hybridized carbons (Fsp3) is 0.571. The summed E-state index contributed by atoms with van der Waals surface area (Å²) in [7, 11) is 0. The molecule has 4 rings (SSSR count). The number of nitro groups is 2. The minimum absolute atomic E-state index is 0.130. The normalized spacial score (nSPS) is 22.0. The van der Waals surface area contributed by atoms with Crippen LogP contribution in [0, 0.1) is 20.2 Å². The van der Waals surface area contributed by atoms with Gasteiger partial charge in [-0.3, -0.25) is 20.2 Å². The van der Waals surface area contributed by atoms with Gasteiger partial charge in [0.25, 0.3) is 11.4 Å². The summed E-state index contributed by atoms with van der Waals surface area (Å²) in [6.07, 6.45) is 0. The summed E-state index contributed by atoms with van der Waals surface area (Å²) in [5.41, 5.74) is 2.40. The highest BCUT2D eigenvalue weighted by molar-refractivity contribution is 5.35. The SMILES string of the molecule is O=[N+]([O-])c1ccc(C2CNCCNCCNCCN2)cc1.O=[N+]([O-])c1ccc(C2CNCCNCCNCCN2)cc1. The highest BCUT2D eigenvalue weighted by Crippen LogP contribution is 2.18. The van der Waals surface area contributed by atoms with Crippen molar-refractivity contribution in [2.24, 2.45) is 0 Å². The summed E-state index contributed by atoms with van der Waals surface area (Å²) < 4.78 is 0. The third-order valence-corrected chi connectivity index (χ3v) is 7.01. The molecule has 42 heavy (non-hydrogen) atoms. The standard InChI is InChI=1S/2C14H23N5O2/c2*20-19(21)13-3-1-12(2-4-13)14-11-17-8-7-15-5-6-16-9-10-18-14/h2*1-4,14-18H,5-11H2. The van der Waals surface area contributed by atoms with Crippen LogP contribution in [0.1, 0.15) is 23.2 Å². The first kappa shape index (κ1) is 33.4. The molecular weight excluding hydrogens is 540 g/mol. The van der Waals surface area contributed by atoms with Crippen LogP contribution < -0.4 is 42.5 Å². The lowest BCUT2D eigenvalue weighted by Crippen LogP contribution is -2.41. The van der Waals surface area contributed by atoms with Crippen LogP contribution in [-0.4, -0.2) is 101 Å². The monoisotopic (exact) mass is 586 g/mol. The summed E-state index contributed by atoms with van der Waals surface area (Å²) in [6.45, 7) is 12.7. The number of hydrogen-bond acceptors (Lipinski definition) is 12. The van der Waals surface area contributed by atoms with Crippen LogP contribution in [0.25, 0.3) is 0 Å². The van der Waals surface area contributed by atoms with Crippen LogP contribution in [-0.2, 0) is 0 Å². The van der Waals surface area contributed by atoms with Gasteiger partial charge in [-0.15, -0.1) is 0 Å². The maximum absolute atomic E-state index is 10.7. The molecule has 2 aromatic carbocycles. The molecular formula is C28H46N10O4. The van der Waals surface area contributed by atoms with Gasteiger partial charge in [0.2, 0.25) is 0 Å². The van der Waals surface area contributed by atoms with Gasteiger partial charge in [0.1, 0.15) is 0 Å². The highest BCUT2D eigenvalue weighted by atomic mass is 16.6. The Morgan fingerprint density at radius 1 is 0.452 bits per heavy atom. The fourth-order valence-electron chi connectivity index (χ4n) is 4.64. The van der Waals surface area contributed by atoms with Gasteiger partial charge >= 0.3 is 0 Å². The van der Waals surface area contributed by atoms with E-state index in [0.717, 1.165) is 103 Å². The van der Waals surface area contributed by atoms with Gasteiger partial charge in [-0.1, -0.05) is 24.3 Å². The minimum atomic E-state index is -0.369. The number of nitrogens with zero attached hydrogens (tertiary/aromatic N) is 2. The molecule has 2 saturated heterocycles. The first-order valence-electron chi connectivity index (χ1n) is 14.7. The zero-order valence-corrected chi connectivity index (χ0v) is 24.2. The summed E-state index contributed by atoms with van der Waals surface area (Å²) in [5.74, 6) is 0. The summed E-state index contributed by atoms with van der Waals surface area (Å²) >= 11 is 0. The van der Waals surface area contributed by atoms with Gasteiger partial charge in [0.05, 0.1) is 9.85 Å². The van der Waals surface area contributed by atoms with Crippen molar-refractivity contribution in [2.75, 3.05) is 91.6 Å². The Morgan fingerprint density at radius 3 is 1.05 bits per heavy atom. The number of benzene rings is 2. The fourth-order valence-corrected chi connectivity index (χ4v) is 4.64. The van der Waals surface area contributed by atoms with Crippen LogP contribution in [0.15, 0.2) is 48.5 Å². The average Bonchev–Trinajstić information content (AvgIpc) is 2.98. The molecule has 2 aliphatic heterocycles. The van der Waals surface area contributed by atoms with Crippen LogP contribution in [0.2, 0.25) is 0 Å². The Labute approximate surface area is 247 Å². The molecule has 2 heterocycles. The van der Waals surface area contributed by atoms with Crippen LogP contribution in [0.3, 0.4) is 0 Å². The van der Waals surface area contributed by atoms with Crippen molar-refractivity contribution < 1.29 is 9.85 Å². The Bertz CT molecular complexity index is 934. The van der Waals surface area contributed by atoms with Crippen molar-refractivity contribution in [1.29, 1.82) is 0 Å². The first-order chi connectivity index (χ1) is 20.5. The van der Waals surface area contributed by atoms with E-state index in [1.165, 1.54) is 0 Å². The second-order valence-corrected chi connectivity index (χ2v) is 10.1. The second-order valence-electron chi connectivity index (χ2n) is 10.1. The van der Waals surface area contributed by atoms with E-state index < -0.39 is 0 Å². The molecule has 0 aliphatic carbocycles. The molecule has 2 fully saturated rings. The molecule has 0 saturated carbocycles. The van der Waals surface area contributed by atoms with Crippen molar-refractivity contribution in [1.82, 2.24) is 42.5 Å². The largest absolute Gasteiger partial charge is 0.314 e. The lowest BCUT2D eigenvalue weighted by molar-refractivity contribution is -0.385. The van der Waals surface area contributed by atoms with Gasteiger partial charge < -0.3 is 42.5 Å². The highest BCUT2D eigenvalue weighted by Gasteiger charge is 2.14. The molecule has 2 aliphatic rings. The molecule has 2 unspecified atom stereocenters. The summed E-state index contributed by atoms with van der Waals surface area (Å²) in [5, 5.41) is 48.6. The number of rotatable bonds is 4. The van der Waals surface area contributed by atoms with E-state index in [0.29, 0.717) is 0 Å². The quantitative estimate of drug-likeness (QED) is 0.178. The zero-order chi connectivity index (χ0) is 29.8. The number of nitro benzene ring substituents is 2. The van der Waals surface area contributed by atoms with Crippen molar-refractivity contribution in [3.05, 3.63) is 79.9 Å². The molecule has 232 valence electrons. The van der Waals surface area contributed by atoms with Crippen LogP contribution in [0.5, 0.6) is 0 Å². The molecule has 14 heteroatoms. The topological polar surface area (TPSA) is 183 Å². The number of non-ortho nitro benzene ring substituents is 2. The van der Waals surface area contributed by atoms with Crippen molar-refractivity contribution >= 4 is 11.4 Å². The first-order valence-corrected chi connectivity index (χ1v) is 14.7.